The molecule has 10 aliphatic rings. The summed E-state index contributed by atoms with van der Waals surface area (Å²) in [5, 5.41) is 0. The van der Waals surface area contributed by atoms with E-state index in [0.29, 0.717) is 42.9 Å². The van der Waals surface area contributed by atoms with Crippen molar-refractivity contribution in [1.82, 2.24) is 4.90 Å². The Morgan fingerprint density at radius 2 is 1.64 bits per heavy atom. The smallest absolute Gasteiger partial charge is 0.122 e. The molecule has 0 aliphatic heterocycles. The molecule has 8 unspecified atom stereocenters. The van der Waals surface area contributed by atoms with Crippen molar-refractivity contribution in [2.45, 2.75) is 96.7 Å². The summed E-state index contributed by atoms with van der Waals surface area (Å²) in [6.45, 7) is 5.03. The molecule has 0 heterocycles. The van der Waals surface area contributed by atoms with Crippen molar-refractivity contribution in [3.8, 4) is 0 Å². The molecule has 3 heteroatoms. The van der Waals surface area contributed by atoms with E-state index in [-0.39, 0.29) is 23.2 Å². The highest BCUT2D eigenvalue weighted by atomic mass is 19.1. The second-order valence-corrected chi connectivity index (χ2v) is 19.3. The predicted molar refractivity (Wildman–Crippen MR) is 239 cm³/mol. The Kier molecular flexibility index (Phi) is 9.13. The van der Waals surface area contributed by atoms with E-state index < -0.39 is 11.6 Å². The average Bonchev–Trinajstić information content (AvgIpc) is 3.70. The Morgan fingerprint density at radius 1 is 0.780 bits per heavy atom. The minimum Gasteiger partial charge on any atom is -0.338 e. The number of rotatable bonds is 6. The molecule has 8 atom stereocenters. The van der Waals surface area contributed by atoms with Crippen LogP contribution in [-0.4, -0.2) is 17.1 Å². The lowest BCUT2D eigenvalue weighted by Crippen LogP contribution is -2.37. The summed E-state index contributed by atoms with van der Waals surface area (Å²) in [5.41, 5.74) is 14.9. The Bertz CT molecular complexity index is 2410. The SMILES string of the molecule is CC1(C)C2=C(C=CC(N(C3=CCC4C(=C3)C(C3=CCC(F)C=C3)(C3=CC=C(F)CC3)C3=C4C4CCC=CC4C=C3)C3=CC=C(c4ccccc4)CC3)C2)C2C=CCCC21. The zero-order valence-electron chi connectivity index (χ0n) is 34.7. The summed E-state index contributed by atoms with van der Waals surface area (Å²) in [5.74, 6) is 2.21. The van der Waals surface area contributed by atoms with E-state index in [0.717, 1.165) is 38.5 Å². The number of hydrogen-bond acceptors (Lipinski definition) is 1. The van der Waals surface area contributed by atoms with Gasteiger partial charge in [-0.15, -0.1) is 0 Å². The number of fused-ring (bicyclic) bond motifs is 6. The molecule has 11 rings (SSSR count). The van der Waals surface area contributed by atoms with Gasteiger partial charge in [0.05, 0.1) is 11.5 Å². The van der Waals surface area contributed by atoms with Crippen LogP contribution in [0.25, 0.3) is 5.57 Å². The molecule has 0 saturated heterocycles. The molecule has 1 aromatic rings. The van der Waals surface area contributed by atoms with Gasteiger partial charge in [0.2, 0.25) is 0 Å². The van der Waals surface area contributed by atoms with Crippen LogP contribution in [0.5, 0.6) is 0 Å². The molecule has 0 spiro atoms. The monoisotopic (exact) mass is 781 g/mol. The first-order chi connectivity index (χ1) is 28.8. The lowest BCUT2D eigenvalue weighted by atomic mass is 9.61. The topological polar surface area (TPSA) is 3.24 Å². The van der Waals surface area contributed by atoms with Crippen molar-refractivity contribution in [3.63, 3.8) is 0 Å². The molecule has 0 aromatic heterocycles. The van der Waals surface area contributed by atoms with E-state index in [2.05, 4.69) is 140 Å². The fraction of sp³-hybridized carbons (Fsp3) is 0.393. The van der Waals surface area contributed by atoms with Gasteiger partial charge in [0.15, 0.2) is 0 Å². The molecule has 1 aromatic carbocycles. The van der Waals surface area contributed by atoms with Gasteiger partial charge in [-0.3, -0.25) is 0 Å². The maximum absolute atomic E-state index is 15.0. The van der Waals surface area contributed by atoms with E-state index >= 15 is 4.39 Å². The first-order valence-electron chi connectivity index (χ1n) is 22.8. The van der Waals surface area contributed by atoms with Gasteiger partial charge >= 0.3 is 0 Å². The first kappa shape index (κ1) is 37.3. The van der Waals surface area contributed by atoms with Crippen molar-refractivity contribution in [3.05, 3.63) is 195 Å². The number of allylic oxidation sites excluding steroid dienone is 25. The van der Waals surface area contributed by atoms with E-state index in [4.69, 9.17) is 0 Å². The Balaban J connectivity index is 1.07. The van der Waals surface area contributed by atoms with Crippen LogP contribution >= 0.6 is 0 Å². The minimum atomic E-state index is -0.983. The fourth-order valence-corrected chi connectivity index (χ4v) is 13.4. The van der Waals surface area contributed by atoms with E-state index in [1.807, 2.05) is 0 Å². The highest BCUT2D eigenvalue weighted by Crippen LogP contribution is 2.67. The van der Waals surface area contributed by atoms with Crippen molar-refractivity contribution in [1.29, 1.82) is 0 Å². The Labute approximate surface area is 350 Å². The molecular weight excluding hydrogens is 725 g/mol. The second-order valence-electron chi connectivity index (χ2n) is 19.3. The predicted octanol–water partition coefficient (Wildman–Crippen LogP) is 14.4. The fourth-order valence-electron chi connectivity index (χ4n) is 13.4. The van der Waals surface area contributed by atoms with Gasteiger partial charge in [-0.2, -0.15) is 0 Å². The molecule has 0 fully saturated rings. The van der Waals surface area contributed by atoms with Crippen molar-refractivity contribution in [2.24, 2.45) is 40.4 Å². The van der Waals surface area contributed by atoms with Gasteiger partial charge in [0, 0.05) is 42.0 Å². The Morgan fingerprint density at radius 3 is 2.44 bits per heavy atom. The summed E-state index contributed by atoms with van der Waals surface area (Å²) in [6, 6.07) is 11.0. The summed E-state index contributed by atoms with van der Waals surface area (Å²) < 4.78 is 30.0. The maximum Gasteiger partial charge on any atom is 0.122 e. The highest BCUT2D eigenvalue weighted by Gasteiger charge is 2.56. The Hall–Kier alpha value is -4.76. The number of nitrogens with zero attached hydrogens (tertiary/aromatic N) is 1. The van der Waals surface area contributed by atoms with Crippen LogP contribution in [0.15, 0.2) is 190 Å². The second kappa shape index (κ2) is 14.5. The third-order valence-corrected chi connectivity index (χ3v) is 16.1. The van der Waals surface area contributed by atoms with Gasteiger partial charge in [-0.1, -0.05) is 146 Å². The zero-order valence-corrected chi connectivity index (χ0v) is 34.7. The van der Waals surface area contributed by atoms with E-state index in [9.17, 15) is 4.39 Å². The zero-order chi connectivity index (χ0) is 39.9. The molecular formula is C56H57F2N. The van der Waals surface area contributed by atoms with Crippen LogP contribution in [0.3, 0.4) is 0 Å². The van der Waals surface area contributed by atoms with Crippen LogP contribution in [0.2, 0.25) is 0 Å². The third kappa shape index (κ3) is 5.88. The van der Waals surface area contributed by atoms with Crippen LogP contribution in [0.1, 0.15) is 90.0 Å². The highest BCUT2D eigenvalue weighted by molar-refractivity contribution is 5.71. The summed E-state index contributed by atoms with van der Waals surface area (Å²) >= 11 is 0. The van der Waals surface area contributed by atoms with Gasteiger partial charge in [-0.05, 0) is 127 Å². The number of hydrogen-bond donors (Lipinski definition) is 0. The quantitative estimate of drug-likeness (QED) is 0.260. The van der Waals surface area contributed by atoms with E-state index in [1.54, 1.807) is 28.9 Å². The summed E-state index contributed by atoms with van der Waals surface area (Å²) in [7, 11) is 0. The van der Waals surface area contributed by atoms with Crippen LogP contribution in [-0.2, 0) is 0 Å². The van der Waals surface area contributed by atoms with Gasteiger partial charge < -0.3 is 4.90 Å². The normalized spacial score (nSPS) is 35.0. The van der Waals surface area contributed by atoms with Crippen molar-refractivity contribution >= 4 is 5.57 Å². The van der Waals surface area contributed by atoms with Gasteiger partial charge in [0.1, 0.15) is 12.0 Å². The number of halogens is 2. The molecule has 1 nitrogen and oxygen atoms in total. The van der Waals surface area contributed by atoms with Gasteiger partial charge in [0.25, 0.3) is 0 Å². The molecule has 0 N–H and O–H groups in total. The van der Waals surface area contributed by atoms with E-state index in [1.165, 1.54) is 57.7 Å². The standard InChI is InChI=1S/C56H57F2N/c1-55(2)50-15-9-8-14-47(50)48-31-29-44(34-52(48)55)59(43-27-16-37(17-28-43)36-10-4-3-5-11-36)45-30-32-49-53(35-45)56(39-19-23-41(57)24-20-39,40-21-25-42(58)26-22-40)51-33-18-38-12-6-7-13-46(38)54(49)51/h3-6,8,10-12,14,16,18-21,23,25,27,29-31,33,35,38,41,44,46-47,49-50H,7,9,13,15,17,22,24,26,28,32,34H2,1-2H3. The van der Waals surface area contributed by atoms with Crippen LogP contribution in [0.4, 0.5) is 8.78 Å². The largest absolute Gasteiger partial charge is 0.338 e. The third-order valence-electron chi connectivity index (χ3n) is 16.1. The molecule has 10 aliphatic carbocycles. The molecule has 0 amide bonds. The number of benzene rings is 1. The van der Waals surface area contributed by atoms with Crippen LogP contribution < -0.4 is 0 Å². The summed E-state index contributed by atoms with van der Waals surface area (Å²) in [6.07, 6.45) is 48.4. The lowest BCUT2D eigenvalue weighted by molar-refractivity contribution is 0.225. The molecule has 59 heavy (non-hydrogen) atoms. The maximum atomic E-state index is 15.0. The first-order valence-corrected chi connectivity index (χ1v) is 22.8. The van der Waals surface area contributed by atoms with Crippen molar-refractivity contribution < 1.29 is 8.78 Å². The average molecular weight is 782 g/mol. The van der Waals surface area contributed by atoms with Crippen molar-refractivity contribution in [2.75, 3.05) is 0 Å². The molecule has 0 radical (unpaired) electrons. The lowest BCUT2D eigenvalue weighted by Gasteiger charge is -2.44. The van der Waals surface area contributed by atoms with Crippen LogP contribution in [0, 0.1) is 40.4 Å². The molecule has 0 bridgehead atoms. The number of alkyl halides is 1. The molecule has 0 saturated carbocycles. The minimum absolute atomic E-state index is 0.0548. The summed E-state index contributed by atoms with van der Waals surface area (Å²) in [4.78, 5) is 2.72. The van der Waals surface area contributed by atoms with Gasteiger partial charge in [-0.25, -0.2) is 8.78 Å². The molecule has 300 valence electrons.